The molecule has 3 aromatic rings. The van der Waals surface area contributed by atoms with Crippen LogP contribution in [0.15, 0.2) is 54.9 Å². The average molecular weight is 415 g/mol. The zero-order valence-electron chi connectivity index (χ0n) is 15.2. The van der Waals surface area contributed by atoms with Gasteiger partial charge in [-0.3, -0.25) is 0 Å². The number of hydrogen-bond donors (Lipinski definition) is 1. The topological polar surface area (TPSA) is 39.0 Å². The SMILES string of the molecule is Cc1ccc(C)c(NC(=S)C(=C([O-])c2ccc(Cl)s2)[n+]2cccc(C)c2)c1. The second-order valence-electron chi connectivity index (χ2n) is 6.34. The molecule has 0 unspecified atom stereocenters. The summed E-state index contributed by atoms with van der Waals surface area (Å²) in [5.74, 6) is -0.162. The van der Waals surface area contributed by atoms with E-state index in [9.17, 15) is 5.11 Å². The van der Waals surface area contributed by atoms with Crippen LogP contribution in [-0.4, -0.2) is 4.99 Å². The molecule has 1 N–H and O–H groups in total. The summed E-state index contributed by atoms with van der Waals surface area (Å²) in [6.45, 7) is 6.00. The zero-order chi connectivity index (χ0) is 19.6. The van der Waals surface area contributed by atoms with Crippen molar-refractivity contribution in [1.82, 2.24) is 0 Å². The molecule has 1 aromatic carbocycles. The predicted octanol–water partition coefficient (Wildman–Crippen LogP) is 4.74. The van der Waals surface area contributed by atoms with Gasteiger partial charge >= 0.3 is 0 Å². The molecule has 0 bridgehead atoms. The first-order chi connectivity index (χ1) is 12.8. The first kappa shape index (κ1) is 19.5. The lowest BCUT2D eigenvalue weighted by atomic mass is 10.1. The van der Waals surface area contributed by atoms with Gasteiger partial charge in [0.05, 0.1) is 4.34 Å². The van der Waals surface area contributed by atoms with Gasteiger partial charge in [0.1, 0.15) is 0 Å². The molecule has 0 spiro atoms. The van der Waals surface area contributed by atoms with E-state index in [-0.39, 0.29) is 5.76 Å². The molecule has 0 saturated carbocycles. The number of thiocarbonyl (C=S) groups is 1. The molecule has 27 heavy (non-hydrogen) atoms. The van der Waals surface area contributed by atoms with Gasteiger partial charge < -0.3 is 10.4 Å². The van der Waals surface area contributed by atoms with Crippen LogP contribution in [0.2, 0.25) is 4.34 Å². The number of aryl methyl sites for hydroxylation is 3. The highest BCUT2D eigenvalue weighted by molar-refractivity contribution is 7.81. The molecule has 0 amide bonds. The monoisotopic (exact) mass is 414 g/mol. The van der Waals surface area contributed by atoms with Gasteiger partial charge in [-0.1, -0.05) is 36.0 Å². The Labute approximate surface area is 173 Å². The molecule has 0 fully saturated rings. The standard InChI is InChI=1S/C21H19ClN2OS2/c1-13-6-7-15(3)16(11-13)23-21(26)19(24-10-4-5-14(2)12-24)20(25)17-8-9-18(22)27-17/h4-12H,1-3H3,(H-,23,25,26). The Hall–Kier alpha value is -2.21. The van der Waals surface area contributed by atoms with Gasteiger partial charge in [-0.2, -0.15) is 4.57 Å². The van der Waals surface area contributed by atoms with Crippen LogP contribution in [0.5, 0.6) is 0 Å². The van der Waals surface area contributed by atoms with Crippen molar-refractivity contribution in [3.63, 3.8) is 0 Å². The molecule has 138 valence electrons. The van der Waals surface area contributed by atoms with Crippen LogP contribution >= 0.6 is 35.2 Å². The third kappa shape index (κ3) is 4.56. The smallest absolute Gasteiger partial charge is 0.239 e. The largest absolute Gasteiger partial charge is 0.867 e. The van der Waals surface area contributed by atoms with Crippen molar-refractivity contribution in [2.24, 2.45) is 0 Å². The minimum absolute atomic E-state index is 0.162. The third-order valence-corrected chi connectivity index (χ3v) is 5.60. The summed E-state index contributed by atoms with van der Waals surface area (Å²) in [5, 5.41) is 16.5. The number of hydrogen-bond acceptors (Lipinski definition) is 3. The fourth-order valence-electron chi connectivity index (χ4n) is 2.67. The minimum Gasteiger partial charge on any atom is -0.867 e. The highest BCUT2D eigenvalue weighted by atomic mass is 35.5. The molecule has 2 heterocycles. The number of rotatable bonds is 4. The second kappa shape index (κ2) is 8.21. The molecule has 0 radical (unpaired) electrons. The van der Waals surface area contributed by atoms with Crippen LogP contribution in [0, 0.1) is 20.8 Å². The van der Waals surface area contributed by atoms with Crippen molar-refractivity contribution in [1.29, 1.82) is 0 Å². The normalized spacial score (nSPS) is 11.9. The second-order valence-corrected chi connectivity index (χ2v) is 8.47. The van der Waals surface area contributed by atoms with E-state index in [0.29, 0.717) is 19.9 Å². The molecule has 0 aliphatic carbocycles. The summed E-state index contributed by atoms with van der Waals surface area (Å²) in [6, 6.07) is 13.4. The Morgan fingerprint density at radius 3 is 2.56 bits per heavy atom. The highest BCUT2D eigenvalue weighted by Crippen LogP contribution is 2.27. The van der Waals surface area contributed by atoms with E-state index in [4.69, 9.17) is 23.8 Å². The molecule has 0 saturated heterocycles. The maximum absolute atomic E-state index is 13.2. The molecular formula is C21H19ClN2OS2. The van der Waals surface area contributed by atoms with Gasteiger partial charge in [0.15, 0.2) is 17.4 Å². The number of thiophene rings is 1. The summed E-state index contributed by atoms with van der Waals surface area (Å²) in [4.78, 5) is 0.919. The number of pyridine rings is 1. The Morgan fingerprint density at radius 2 is 1.89 bits per heavy atom. The van der Waals surface area contributed by atoms with E-state index >= 15 is 0 Å². The van der Waals surface area contributed by atoms with Crippen molar-refractivity contribution in [2.75, 3.05) is 5.32 Å². The lowest BCUT2D eigenvalue weighted by Gasteiger charge is -2.16. The Morgan fingerprint density at radius 1 is 1.11 bits per heavy atom. The van der Waals surface area contributed by atoms with Crippen molar-refractivity contribution in [3.8, 4) is 0 Å². The van der Waals surface area contributed by atoms with Crippen molar-refractivity contribution in [3.05, 3.63) is 80.8 Å². The number of anilines is 1. The van der Waals surface area contributed by atoms with E-state index in [0.717, 1.165) is 22.4 Å². The first-order valence-corrected chi connectivity index (χ1v) is 9.99. The number of nitrogens with one attached hydrogen (secondary N) is 1. The highest BCUT2D eigenvalue weighted by Gasteiger charge is 2.20. The molecule has 0 atom stereocenters. The van der Waals surface area contributed by atoms with Crippen molar-refractivity contribution >= 4 is 57.3 Å². The van der Waals surface area contributed by atoms with Crippen LogP contribution < -0.4 is 15.0 Å². The van der Waals surface area contributed by atoms with E-state index in [1.165, 1.54) is 11.3 Å². The summed E-state index contributed by atoms with van der Waals surface area (Å²) >= 11 is 12.9. The fraction of sp³-hybridized carbons (Fsp3) is 0.143. The van der Waals surface area contributed by atoms with E-state index < -0.39 is 0 Å². The number of halogens is 1. The van der Waals surface area contributed by atoms with Gasteiger partial charge in [-0.25, -0.2) is 0 Å². The van der Waals surface area contributed by atoms with Crippen LogP contribution in [0.4, 0.5) is 5.69 Å². The first-order valence-electron chi connectivity index (χ1n) is 8.39. The molecular weight excluding hydrogens is 396 g/mol. The van der Waals surface area contributed by atoms with Gasteiger partial charge in [-0.15, -0.1) is 11.3 Å². The summed E-state index contributed by atoms with van der Waals surface area (Å²) < 4.78 is 2.34. The van der Waals surface area contributed by atoms with Gasteiger partial charge in [0, 0.05) is 22.2 Å². The maximum Gasteiger partial charge on any atom is 0.239 e. The van der Waals surface area contributed by atoms with Gasteiger partial charge in [0.2, 0.25) is 5.70 Å². The molecule has 3 rings (SSSR count). The van der Waals surface area contributed by atoms with Crippen molar-refractivity contribution in [2.45, 2.75) is 20.8 Å². The lowest BCUT2D eigenvalue weighted by Crippen LogP contribution is -2.40. The van der Waals surface area contributed by atoms with Gasteiger partial charge in [0.25, 0.3) is 0 Å². The molecule has 0 aliphatic rings. The number of nitrogens with zero attached hydrogens (tertiary/aromatic N) is 1. The molecule has 3 nitrogen and oxygen atoms in total. The number of aromatic nitrogens is 1. The van der Waals surface area contributed by atoms with Crippen molar-refractivity contribution < 1.29 is 9.67 Å². The van der Waals surface area contributed by atoms with Gasteiger partial charge in [-0.05, 0) is 61.9 Å². The summed E-state index contributed by atoms with van der Waals surface area (Å²) in [6.07, 6.45) is 3.71. The predicted molar refractivity (Wildman–Crippen MR) is 116 cm³/mol. The minimum atomic E-state index is -0.162. The van der Waals surface area contributed by atoms with Crippen LogP contribution in [-0.2, 0) is 0 Å². The molecule has 2 aromatic heterocycles. The third-order valence-electron chi connectivity index (χ3n) is 4.08. The van der Waals surface area contributed by atoms with Crippen LogP contribution in [0.25, 0.3) is 11.5 Å². The average Bonchev–Trinajstić information content (AvgIpc) is 3.05. The van der Waals surface area contributed by atoms with E-state index in [1.54, 1.807) is 16.7 Å². The fourth-order valence-corrected chi connectivity index (χ4v) is 3.97. The van der Waals surface area contributed by atoms with Crippen LogP contribution in [0.3, 0.4) is 0 Å². The molecule has 0 aliphatic heterocycles. The summed E-state index contributed by atoms with van der Waals surface area (Å²) in [5.41, 5.74) is 4.49. The quantitative estimate of drug-likeness (QED) is 0.290. The molecule has 6 heteroatoms. The van der Waals surface area contributed by atoms with E-state index in [2.05, 4.69) is 5.32 Å². The summed E-state index contributed by atoms with van der Waals surface area (Å²) in [7, 11) is 0. The Balaban J connectivity index is 2.09. The maximum atomic E-state index is 13.2. The van der Waals surface area contributed by atoms with Crippen LogP contribution in [0.1, 0.15) is 21.6 Å². The Kier molecular flexibility index (Phi) is 5.95. The lowest BCUT2D eigenvalue weighted by molar-refractivity contribution is -0.578. The Bertz CT molecular complexity index is 1040. The zero-order valence-corrected chi connectivity index (χ0v) is 17.6. The van der Waals surface area contributed by atoms with E-state index in [1.807, 2.05) is 63.5 Å². The number of benzene rings is 1.